The van der Waals surface area contributed by atoms with E-state index < -0.39 is 0 Å². The Morgan fingerprint density at radius 1 is 1.05 bits per heavy atom. The van der Waals surface area contributed by atoms with Gasteiger partial charge in [-0.2, -0.15) is 0 Å². The third-order valence-electron chi connectivity index (χ3n) is 2.48. The molecule has 2 heterocycles. The Kier molecular flexibility index (Phi) is 6.19. The monoisotopic (exact) mass is 314 g/mol. The van der Waals surface area contributed by atoms with Crippen LogP contribution in [0.15, 0.2) is 54.6 Å². The van der Waals surface area contributed by atoms with Crippen molar-refractivity contribution < 1.29 is 9.53 Å². The average Bonchev–Trinajstić information content (AvgIpc) is 3.23. The van der Waals surface area contributed by atoms with Crippen molar-refractivity contribution in [3.05, 3.63) is 70.2 Å². The average molecular weight is 314 g/mol. The summed E-state index contributed by atoms with van der Waals surface area (Å²) in [5.74, 6) is -0.256. The number of rotatable bonds is 3. The van der Waals surface area contributed by atoms with Gasteiger partial charge in [0.25, 0.3) is 0 Å². The Morgan fingerprint density at radius 2 is 1.76 bits per heavy atom. The molecule has 0 amide bonds. The van der Waals surface area contributed by atoms with Crippen molar-refractivity contribution >= 4 is 28.6 Å². The lowest BCUT2D eigenvalue weighted by atomic mass is 10.2. The van der Waals surface area contributed by atoms with Crippen LogP contribution in [0, 0.1) is 10.8 Å². The molecule has 0 bridgehead atoms. The van der Waals surface area contributed by atoms with Gasteiger partial charge in [0, 0.05) is 15.6 Å². The molecule has 0 aliphatic rings. The maximum atomic E-state index is 10.9. The summed E-state index contributed by atoms with van der Waals surface area (Å²) >= 11 is 2.92. The van der Waals surface area contributed by atoms with E-state index in [0.717, 1.165) is 0 Å². The minimum absolute atomic E-state index is 0.256. The van der Waals surface area contributed by atoms with Crippen LogP contribution in [-0.2, 0) is 4.74 Å². The van der Waals surface area contributed by atoms with Gasteiger partial charge in [-0.1, -0.05) is 30.3 Å². The van der Waals surface area contributed by atoms with Crippen molar-refractivity contribution in [2.75, 3.05) is 6.61 Å². The number of ether oxygens (including phenoxy) is 1. The van der Waals surface area contributed by atoms with E-state index >= 15 is 0 Å². The van der Waals surface area contributed by atoms with Gasteiger partial charge in [0.15, 0.2) is 0 Å². The molecule has 3 rings (SSSR count). The van der Waals surface area contributed by atoms with Crippen LogP contribution in [0.5, 0.6) is 0 Å². The summed E-state index contributed by atoms with van der Waals surface area (Å²) < 4.78 is 4.74. The van der Waals surface area contributed by atoms with Gasteiger partial charge < -0.3 is 4.74 Å². The first-order valence-electron chi connectivity index (χ1n) is 6.45. The molecule has 2 radical (unpaired) electrons. The normalized spacial score (nSPS) is 9.57. The fourth-order valence-electron chi connectivity index (χ4n) is 1.55. The Bertz CT molecular complexity index is 629. The summed E-state index contributed by atoms with van der Waals surface area (Å²) in [7, 11) is 0. The second-order valence-corrected chi connectivity index (χ2v) is 5.68. The largest absolute Gasteiger partial charge is 0.462 e. The van der Waals surface area contributed by atoms with E-state index in [1.165, 1.54) is 21.8 Å². The zero-order valence-corrected chi connectivity index (χ0v) is 13.2. The van der Waals surface area contributed by atoms with Gasteiger partial charge in [0.1, 0.15) is 4.88 Å². The molecule has 21 heavy (non-hydrogen) atoms. The van der Waals surface area contributed by atoms with Crippen LogP contribution in [0.25, 0.3) is 10.4 Å². The zero-order valence-electron chi connectivity index (χ0n) is 11.5. The van der Waals surface area contributed by atoms with Crippen molar-refractivity contribution in [3.63, 3.8) is 0 Å². The van der Waals surface area contributed by atoms with E-state index in [9.17, 15) is 4.79 Å². The summed E-state index contributed by atoms with van der Waals surface area (Å²) in [5, 5.41) is 5.88. The van der Waals surface area contributed by atoms with E-state index in [1.54, 1.807) is 30.4 Å². The van der Waals surface area contributed by atoms with E-state index in [0.29, 0.717) is 11.5 Å². The van der Waals surface area contributed by atoms with Gasteiger partial charge in [-0.05, 0) is 36.8 Å². The molecule has 0 unspecified atom stereocenters. The van der Waals surface area contributed by atoms with Crippen molar-refractivity contribution in [2.24, 2.45) is 0 Å². The molecule has 0 saturated carbocycles. The Labute approximate surface area is 132 Å². The van der Waals surface area contributed by atoms with Crippen LogP contribution >= 0.6 is 22.7 Å². The zero-order chi connectivity index (χ0) is 14.9. The van der Waals surface area contributed by atoms with Crippen LogP contribution in [0.2, 0.25) is 0 Å². The Morgan fingerprint density at radius 3 is 2.33 bits per heavy atom. The number of esters is 1. The molecule has 0 fully saturated rings. The molecule has 0 N–H and O–H groups in total. The van der Waals surface area contributed by atoms with Crippen molar-refractivity contribution in [1.82, 2.24) is 0 Å². The summed E-state index contributed by atoms with van der Waals surface area (Å²) in [5.41, 5.74) is 1.28. The van der Waals surface area contributed by atoms with E-state index in [1.807, 2.05) is 12.1 Å². The number of carbonyl (C=O) groups is 1. The van der Waals surface area contributed by atoms with Gasteiger partial charge in [-0.15, -0.1) is 22.7 Å². The first-order valence-corrected chi connectivity index (χ1v) is 8.09. The standard InChI is InChI=1S/C10H7S.C7H7O2S/c1-2-5-9(6-3-1)10-7-4-8-11-10;1-2-9-7(8)6-4-3-5-10-6/h1-7H;3-4H,2H2,1H3. The third kappa shape index (κ3) is 4.85. The summed E-state index contributed by atoms with van der Waals surface area (Å²) in [4.78, 5) is 12.8. The van der Waals surface area contributed by atoms with Crippen molar-refractivity contribution in [2.45, 2.75) is 6.92 Å². The number of hydrogen-bond donors (Lipinski definition) is 0. The molecule has 0 saturated heterocycles. The maximum absolute atomic E-state index is 10.9. The summed E-state index contributed by atoms with van der Waals surface area (Å²) in [6, 6.07) is 17.8. The molecule has 2 aromatic heterocycles. The highest BCUT2D eigenvalue weighted by Gasteiger charge is 2.05. The molecule has 0 aliphatic carbocycles. The van der Waals surface area contributed by atoms with E-state index in [4.69, 9.17) is 4.74 Å². The molecule has 4 heteroatoms. The quantitative estimate of drug-likeness (QED) is 0.640. The molecule has 3 aromatic rings. The minimum atomic E-state index is -0.256. The van der Waals surface area contributed by atoms with E-state index in [2.05, 4.69) is 41.1 Å². The maximum Gasteiger partial charge on any atom is 0.348 e. The smallest absolute Gasteiger partial charge is 0.348 e. The van der Waals surface area contributed by atoms with E-state index in [-0.39, 0.29) is 5.97 Å². The first kappa shape index (κ1) is 15.5. The molecular weight excluding hydrogens is 300 g/mol. The predicted octanol–water partition coefficient (Wildman–Crippen LogP) is 4.94. The number of benzene rings is 1. The highest BCUT2D eigenvalue weighted by atomic mass is 32.1. The summed E-state index contributed by atoms with van der Waals surface area (Å²) in [6.07, 6.45) is 0. The van der Waals surface area contributed by atoms with Crippen molar-refractivity contribution in [3.8, 4) is 10.4 Å². The van der Waals surface area contributed by atoms with Crippen molar-refractivity contribution in [1.29, 1.82) is 0 Å². The molecule has 106 valence electrons. The lowest BCUT2D eigenvalue weighted by molar-refractivity contribution is 0.0532. The van der Waals surface area contributed by atoms with Gasteiger partial charge >= 0.3 is 5.97 Å². The second kappa shape index (κ2) is 8.39. The number of carbonyl (C=O) groups excluding carboxylic acids is 1. The first-order chi connectivity index (χ1) is 10.3. The lowest BCUT2D eigenvalue weighted by Crippen LogP contribution is -2.01. The Hall–Kier alpha value is -1.91. The van der Waals surface area contributed by atoms with Gasteiger partial charge in [-0.3, -0.25) is 0 Å². The molecule has 0 atom stereocenters. The molecular formula is C17H14O2S2. The fraction of sp³-hybridized carbons (Fsp3) is 0.118. The van der Waals surface area contributed by atoms with Gasteiger partial charge in [-0.25, -0.2) is 4.79 Å². The van der Waals surface area contributed by atoms with Crippen LogP contribution in [0.1, 0.15) is 16.6 Å². The minimum Gasteiger partial charge on any atom is -0.462 e. The van der Waals surface area contributed by atoms with Crippen LogP contribution in [0.4, 0.5) is 0 Å². The van der Waals surface area contributed by atoms with Crippen LogP contribution in [-0.4, -0.2) is 12.6 Å². The number of thiophene rings is 2. The Balaban J connectivity index is 0.000000155. The number of hydrogen-bond acceptors (Lipinski definition) is 4. The van der Waals surface area contributed by atoms with Gasteiger partial charge in [0.2, 0.25) is 0 Å². The molecule has 1 aromatic carbocycles. The molecule has 0 aliphatic heterocycles. The molecule has 2 nitrogen and oxygen atoms in total. The topological polar surface area (TPSA) is 26.3 Å². The predicted molar refractivity (Wildman–Crippen MR) is 87.7 cm³/mol. The molecule has 0 spiro atoms. The SMILES string of the molecule is CCOC(=O)c1cc[c]s1.[c]1ccc(-c2ccccc2)s1. The highest BCUT2D eigenvalue weighted by Crippen LogP contribution is 2.22. The third-order valence-corrected chi connectivity index (χ3v) is 4.10. The lowest BCUT2D eigenvalue weighted by Gasteiger charge is -1.95. The fourth-order valence-corrected chi connectivity index (χ4v) is 2.75. The van der Waals surface area contributed by atoms with Crippen LogP contribution in [0.3, 0.4) is 0 Å². The second-order valence-electron chi connectivity index (χ2n) is 3.92. The van der Waals surface area contributed by atoms with Crippen LogP contribution < -0.4 is 0 Å². The summed E-state index contributed by atoms with van der Waals surface area (Å²) in [6.45, 7) is 2.21. The highest BCUT2D eigenvalue weighted by molar-refractivity contribution is 7.13. The van der Waals surface area contributed by atoms with Gasteiger partial charge in [0.05, 0.1) is 6.61 Å².